The highest BCUT2D eigenvalue weighted by atomic mass is 19.1. The van der Waals surface area contributed by atoms with Crippen LogP contribution in [0, 0.1) is 17.7 Å². The molecule has 5 rings (SSSR count). The average Bonchev–Trinajstić information content (AvgIpc) is 3.15. The summed E-state index contributed by atoms with van der Waals surface area (Å²) in [4.78, 5) is 2.13. The van der Waals surface area contributed by atoms with Gasteiger partial charge in [-0.15, -0.1) is 0 Å². The third kappa shape index (κ3) is 3.49. The number of rotatable bonds is 4. The molecule has 2 aliphatic carbocycles. The molecule has 5 nitrogen and oxygen atoms in total. The maximum absolute atomic E-state index is 14.1. The van der Waals surface area contributed by atoms with Crippen molar-refractivity contribution in [3.63, 3.8) is 0 Å². The number of ether oxygens (including phenoxy) is 1. The number of hydrogen-bond acceptors (Lipinski definition) is 5. The van der Waals surface area contributed by atoms with Gasteiger partial charge in [0.15, 0.2) is 0 Å². The minimum absolute atomic E-state index is 0.0301. The van der Waals surface area contributed by atoms with Gasteiger partial charge in [-0.1, -0.05) is 18.2 Å². The first-order valence-corrected chi connectivity index (χ1v) is 11.7. The molecule has 172 valence electrons. The molecule has 0 radical (unpaired) electrons. The Morgan fingerprint density at radius 3 is 2.88 bits per heavy atom. The number of benzene rings is 1. The molecule has 3 N–H and O–H groups in total. The van der Waals surface area contributed by atoms with Crippen molar-refractivity contribution in [2.45, 2.75) is 42.9 Å². The van der Waals surface area contributed by atoms with Crippen LogP contribution >= 0.6 is 0 Å². The number of nitrogens with one attached hydrogen (secondary N) is 2. The van der Waals surface area contributed by atoms with Crippen LogP contribution < -0.4 is 10.6 Å². The van der Waals surface area contributed by atoms with Gasteiger partial charge in [0.2, 0.25) is 0 Å². The van der Waals surface area contributed by atoms with Crippen molar-refractivity contribution >= 4 is 0 Å². The van der Waals surface area contributed by atoms with Gasteiger partial charge in [-0.05, 0) is 81.7 Å². The van der Waals surface area contributed by atoms with E-state index in [-0.39, 0.29) is 23.3 Å². The van der Waals surface area contributed by atoms with Crippen LogP contribution in [-0.2, 0) is 10.3 Å². The number of allylic oxidation sites excluding steroid dienone is 1. The minimum Gasteiger partial charge on any atom is -0.497 e. The van der Waals surface area contributed by atoms with Gasteiger partial charge in [0.1, 0.15) is 11.6 Å². The Labute approximate surface area is 190 Å². The van der Waals surface area contributed by atoms with Crippen LogP contribution in [0.15, 0.2) is 59.5 Å². The van der Waals surface area contributed by atoms with E-state index in [1.807, 2.05) is 26.2 Å². The Kier molecular flexibility index (Phi) is 5.43. The van der Waals surface area contributed by atoms with Crippen LogP contribution in [0.5, 0.6) is 0 Å². The Morgan fingerprint density at radius 2 is 2.12 bits per heavy atom. The molecule has 2 heterocycles. The first kappa shape index (κ1) is 21.7. The van der Waals surface area contributed by atoms with Crippen molar-refractivity contribution in [3.05, 3.63) is 70.9 Å². The summed E-state index contributed by atoms with van der Waals surface area (Å²) in [6.07, 6.45) is 9.70. The standard InChI is InChI=1S/C26H34FN3O2/c1-30(2)16-18-15-25(10-11-26(18,31)17-5-4-6-19(27)13-17)24-21(9-12-28-25)22-14-20(32-3)7-8-23(22)29-24/h4-8,13-14,18,22-23,28-29,31H,9-12,15-16H2,1-3H3. The van der Waals surface area contributed by atoms with Crippen molar-refractivity contribution in [3.8, 4) is 0 Å². The Bertz CT molecular complexity index is 987. The van der Waals surface area contributed by atoms with Gasteiger partial charge < -0.3 is 25.4 Å². The highest BCUT2D eigenvalue weighted by Crippen LogP contribution is 2.51. The Balaban J connectivity index is 1.51. The van der Waals surface area contributed by atoms with Crippen molar-refractivity contribution < 1.29 is 14.2 Å². The SMILES string of the molecule is COC1=CC2C3=C(NC2C=C1)C1(CCC(O)(c2cccc(F)c2)C(CN(C)C)C1)NCC3. The molecule has 0 aromatic heterocycles. The van der Waals surface area contributed by atoms with E-state index < -0.39 is 5.60 Å². The summed E-state index contributed by atoms with van der Waals surface area (Å²) in [7, 11) is 5.80. The van der Waals surface area contributed by atoms with E-state index in [0.717, 1.165) is 38.1 Å². The fraction of sp³-hybridized carbons (Fsp3) is 0.538. The lowest BCUT2D eigenvalue weighted by atomic mass is 9.62. The summed E-state index contributed by atoms with van der Waals surface area (Å²) in [6.45, 7) is 1.66. The Morgan fingerprint density at radius 1 is 1.28 bits per heavy atom. The number of nitrogens with zero attached hydrogens (tertiary/aromatic N) is 1. The number of methoxy groups -OCH3 is 1. The largest absolute Gasteiger partial charge is 0.497 e. The summed E-state index contributed by atoms with van der Waals surface area (Å²) >= 11 is 0. The predicted octanol–water partition coefficient (Wildman–Crippen LogP) is 3.05. The molecule has 1 aromatic carbocycles. The lowest BCUT2D eigenvalue weighted by Crippen LogP contribution is -2.60. The first-order valence-electron chi connectivity index (χ1n) is 11.7. The molecule has 1 fully saturated rings. The molecule has 1 saturated carbocycles. The van der Waals surface area contributed by atoms with Crippen LogP contribution in [0.2, 0.25) is 0 Å². The average molecular weight is 440 g/mol. The second-order valence-corrected chi connectivity index (χ2v) is 10.1. The summed E-state index contributed by atoms with van der Waals surface area (Å²) in [6, 6.07) is 6.77. The molecule has 6 heteroatoms. The number of halogens is 1. The molecule has 0 saturated heterocycles. The van der Waals surface area contributed by atoms with Crippen LogP contribution in [0.4, 0.5) is 4.39 Å². The van der Waals surface area contributed by atoms with Gasteiger partial charge >= 0.3 is 0 Å². The van der Waals surface area contributed by atoms with Crippen LogP contribution in [0.3, 0.4) is 0 Å². The van der Waals surface area contributed by atoms with Crippen molar-refractivity contribution in [1.29, 1.82) is 0 Å². The van der Waals surface area contributed by atoms with Gasteiger partial charge in [0.25, 0.3) is 0 Å². The highest BCUT2D eigenvalue weighted by molar-refractivity contribution is 5.44. The van der Waals surface area contributed by atoms with Gasteiger partial charge in [0.05, 0.1) is 24.3 Å². The zero-order valence-electron chi connectivity index (χ0n) is 19.2. The van der Waals surface area contributed by atoms with Gasteiger partial charge in [-0.2, -0.15) is 0 Å². The van der Waals surface area contributed by atoms with Gasteiger partial charge in [0, 0.05) is 24.1 Å². The van der Waals surface area contributed by atoms with Gasteiger partial charge in [-0.25, -0.2) is 4.39 Å². The van der Waals surface area contributed by atoms with E-state index in [2.05, 4.69) is 27.7 Å². The minimum atomic E-state index is -1.05. The topological polar surface area (TPSA) is 56.8 Å². The molecule has 0 amide bonds. The molecule has 2 aliphatic heterocycles. The normalized spacial score (nSPS) is 36.1. The maximum Gasteiger partial charge on any atom is 0.123 e. The van der Waals surface area contributed by atoms with E-state index >= 15 is 0 Å². The third-order valence-corrected chi connectivity index (χ3v) is 7.92. The molecular formula is C26H34FN3O2. The first-order chi connectivity index (χ1) is 15.3. The molecule has 0 bridgehead atoms. The van der Waals surface area contributed by atoms with E-state index in [9.17, 15) is 9.50 Å². The van der Waals surface area contributed by atoms with E-state index in [1.165, 1.54) is 23.4 Å². The van der Waals surface area contributed by atoms with Crippen molar-refractivity contribution in [2.24, 2.45) is 11.8 Å². The molecule has 32 heavy (non-hydrogen) atoms. The second-order valence-electron chi connectivity index (χ2n) is 10.1. The summed E-state index contributed by atoms with van der Waals surface area (Å²) in [5.41, 5.74) is 2.22. The zero-order valence-corrected chi connectivity index (χ0v) is 19.2. The van der Waals surface area contributed by atoms with Crippen molar-refractivity contribution in [2.75, 3.05) is 34.3 Å². The fourth-order valence-corrected chi connectivity index (χ4v) is 6.42. The third-order valence-electron chi connectivity index (χ3n) is 7.92. The van der Waals surface area contributed by atoms with E-state index in [0.29, 0.717) is 17.9 Å². The number of hydrogen-bond donors (Lipinski definition) is 3. The number of fused-ring (bicyclic) bond motifs is 3. The fourth-order valence-electron chi connectivity index (χ4n) is 6.42. The highest BCUT2D eigenvalue weighted by Gasteiger charge is 2.54. The van der Waals surface area contributed by atoms with E-state index in [4.69, 9.17) is 4.74 Å². The van der Waals surface area contributed by atoms with Gasteiger partial charge in [-0.3, -0.25) is 0 Å². The summed E-state index contributed by atoms with van der Waals surface area (Å²) in [5.74, 6) is 0.913. The molecule has 4 aliphatic rings. The summed E-state index contributed by atoms with van der Waals surface area (Å²) < 4.78 is 19.6. The molecule has 1 aromatic rings. The predicted molar refractivity (Wildman–Crippen MR) is 123 cm³/mol. The second kappa shape index (κ2) is 8.01. The van der Waals surface area contributed by atoms with Crippen LogP contribution in [0.1, 0.15) is 31.2 Å². The number of aliphatic hydroxyl groups is 1. The lowest BCUT2D eigenvalue weighted by molar-refractivity contribution is -0.0819. The van der Waals surface area contributed by atoms with Crippen LogP contribution in [-0.4, -0.2) is 55.9 Å². The zero-order chi connectivity index (χ0) is 22.5. The summed E-state index contributed by atoms with van der Waals surface area (Å²) in [5, 5.41) is 19.6. The molecular weight excluding hydrogens is 405 g/mol. The quantitative estimate of drug-likeness (QED) is 0.673. The maximum atomic E-state index is 14.1. The lowest BCUT2D eigenvalue weighted by Gasteiger charge is -2.52. The van der Waals surface area contributed by atoms with E-state index in [1.54, 1.807) is 13.2 Å². The Hall–Kier alpha value is -2.15. The van der Waals surface area contributed by atoms with Crippen molar-refractivity contribution in [1.82, 2.24) is 15.5 Å². The molecule has 5 unspecified atom stereocenters. The van der Waals surface area contributed by atoms with Crippen LogP contribution in [0.25, 0.3) is 0 Å². The smallest absolute Gasteiger partial charge is 0.123 e. The molecule has 5 atom stereocenters. The monoisotopic (exact) mass is 439 g/mol. The molecule has 1 spiro atoms.